The third-order valence-electron chi connectivity index (χ3n) is 2.79. The molecule has 98 valence electrons. The van der Waals surface area contributed by atoms with Gasteiger partial charge in [0.25, 0.3) is 0 Å². The van der Waals surface area contributed by atoms with Gasteiger partial charge in [-0.1, -0.05) is 13.8 Å². The van der Waals surface area contributed by atoms with Crippen LogP contribution in [0.5, 0.6) is 0 Å². The van der Waals surface area contributed by atoms with Gasteiger partial charge in [-0.3, -0.25) is 0 Å². The molecule has 0 aliphatic heterocycles. The summed E-state index contributed by atoms with van der Waals surface area (Å²) in [4.78, 5) is 1.37. The van der Waals surface area contributed by atoms with Gasteiger partial charge in [0, 0.05) is 27.8 Å². The molecule has 18 heavy (non-hydrogen) atoms. The van der Waals surface area contributed by atoms with Crippen LogP contribution in [-0.4, -0.2) is 11.1 Å². The summed E-state index contributed by atoms with van der Waals surface area (Å²) in [5, 5.41) is 5.62. The molecule has 0 saturated carbocycles. The fraction of sp³-hybridized carbons (Fsp3) is 0.429. The fourth-order valence-corrected chi connectivity index (χ4v) is 3.32. The lowest BCUT2D eigenvalue weighted by Gasteiger charge is -2.11. The number of thiophene rings is 1. The maximum atomic E-state index is 3.59. The lowest BCUT2D eigenvalue weighted by molar-refractivity contribution is 0.539. The maximum absolute atomic E-state index is 3.59. The summed E-state index contributed by atoms with van der Waals surface area (Å²) in [6.45, 7) is 7.41. The van der Waals surface area contributed by atoms with Crippen LogP contribution in [-0.2, 0) is 13.1 Å². The van der Waals surface area contributed by atoms with E-state index in [4.69, 9.17) is 0 Å². The highest BCUT2D eigenvalue weighted by molar-refractivity contribution is 9.10. The monoisotopic (exact) mass is 326 g/mol. The first-order chi connectivity index (χ1) is 8.66. The van der Waals surface area contributed by atoms with E-state index in [1.807, 2.05) is 0 Å². The molecule has 2 rings (SSSR count). The lowest BCUT2D eigenvalue weighted by atomic mass is 10.2. The molecule has 0 fully saturated rings. The minimum Gasteiger partial charge on any atom is -0.345 e. The van der Waals surface area contributed by atoms with E-state index in [1.165, 1.54) is 15.0 Å². The predicted octanol–water partition coefficient (Wildman–Crippen LogP) is 4.11. The van der Waals surface area contributed by atoms with Crippen molar-refractivity contribution in [1.82, 2.24) is 9.88 Å². The molecule has 2 aromatic heterocycles. The van der Waals surface area contributed by atoms with Crippen molar-refractivity contribution in [3.05, 3.63) is 44.8 Å². The zero-order valence-corrected chi connectivity index (χ0v) is 13.2. The average Bonchev–Trinajstić information content (AvgIpc) is 2.90. The Balaban J connectivity index is 1.97. The van der Waals surface area contributed by atoms with Crippen molar-refractivity contribution in [1.29, 1.82) is 0 Å². The Kier molecular flexibility index (Phi) is 5.03. The molecule has 0 unspecified atom stereocenters. The highest BCUT2D eigenvalue weighted by Gasteiger charge is 2.05. The Hall–Kier alpha value is -0.580. The molecule has 0 aliphatic rings. The van der Waals surface area contributed by atoms with Crippen LogP contribution in [0.4, 0.5) is 0 Å². The molecule has 0 radical (unpaired) electrons. The van der Waals surface area contributed by atoms with Crippen LogP contribution in [0.25, 0.3) is 0 Å². The van der Waals surface area contributed by atoms with Crippen LogP contribution < -0.4 is 5.32 Å². The van der Waals surface area contributed by atoms with Gasteiger partial charge in [-0.25, -0.2) is 0 Å². The first-order valence-electron chi connectivity index (χ1n) is 6.23. The number of hydrogen-bond donors (Lipinski definition) is 1. The van der Waals surface area contributed by atoms with Crippen molar-refractivity contribution in [2.24, 2.45) is 5.92 Å². The molecule has 0 aliphatic carbocycles. The molecule has 0 amide bonds. The summed E-state index contributed by atoms with van der Waals surface area (Å²) in [5.74, 6) is 0.694. The molecule has 0 bridgehead atoms. The molecule has 2 heterocycles. The third kappa shape index (κ3) is 3.70. The number of hydrogen-bond acceptors (Lipinski definition) is 2. The zero-order valence-electron chi connectivity index (χ0n) is 10.8. The van der Waals surface area contributed by atoms with Crippen LogP contribution in [0.3, 0.4) is 0 Å². The predicted molar refractivity (Wildman–Crippen MR) is 82.1 cm³/mol. The largest absolute Gasteiger partial charge is 0.345 e. The van der Waals surface area contributed by atoms with Crippen molar-refractivity contribution in [3.8, 4) is 0 Å². The van der Waals surface area contributed by atoms with Gasteiger partial charge in [-0.2, -0.15) is 0 Å². The van der Waals surface area contributed by atoms with Crippen molar-refractivity contribution in [3.63, 3.8) is 0 Å². The fourth-order valence-electron chi connectivity index (χ4n) is 1.85. The number of halogens is 1. The smallest absolute Gasteiger partial charge is 0.0578 e. The number of nitrogens with one attached hydrogen (secondary N) is 1. The summed E-state index contributed by atoms with van der Waals surface area (Å²) < 4.78 is 3.52. The van der Waals surface area contributed by atoms with Gasteiger partial charge in [0.2, 0.25) is 0 Å². The Labute approximate surface area is 121 Å². The SMILES string of the molecule is CC(C)CNCc1cccn1Cc1sccc1Br. The molecule has 0 saturated heterocycles. The van der Waals surface area contributed by atoms with E-state index in [-0.39, 0.29) is 0 Å². The minimum absolute atomic E-state index is 0.694. The summed E-state index contributed by atoms with van der Waals surface area (Å²) in [6.07, 6.45) is 2.15. The number of nitrogens with zero attached hydrogens (tertiary/aromatic N) is 1. The van der Waals surface area contributed by atoms with E-state index < -0.39 is 0 Å². The summed E-state index contributed by atoms with van der Waals surface area (Å²) in [7, 11) is 0. The van der Waals surface area contributed by atoms with Crippen molar-refractivity contribution in [2.45, 2.75) is 26.9 Å². The molecule has 2 nitrogen and oxygen atoms in total. The Bertz CT molecular complexity index is 487. The standard InChI is InChI=1S/C14H19BrN2S/c1-11(2)8-16-9-12-4-3-6-17(12)10-14-13(15)5-7-18-14/h3-7,11,16H,8-10H2,1-2H3. The van der Waals surface area contributed by atoms with Gasteiger partial charge in [-0.15, -0.1) is 11.3 Å². The van der Waals surface area contributed by atoms with Gasteiger partial charge in [0.15, 0.2) is 0 Å². The maximum Gasteiger partial charge on any atom is 0.0578 e. The molecular formula is C14H19BrN2S. The second-order valence-corrected chi connectivity index (χ2v) is 6.70. The van der Waals surface area contributed by atoms with E-state index in [2.05, 4.69) is 69.4 Å². The van der Waals surface area contributed by atoms with E-state index in [0.717, 1.165) is 19.6 Å². The van der Waals surface area contributed by atoms with Gasteiger partial charge < -0.3 is 9.88 Å². The molecule has 0 spiro atoms. The summed E-state index contributed by atoms with van der Waals surface area (Å²) in [6, 6.07) is 6.42. The van der Waals surface area contributed by atoms with Crippen LogP contribution in [0.1, 0.15) is 24.4 Å². The molecule has 0 aromatic carbocycles. The molecule has 1 N–H and O–H groups in total. The summed E-state index contributed by atoms with van der Waals surface area (Å²) in [5.41, 5.74) is 1.34. The normalized spacial score (nSPS) is 11.3. The van der Waals surface area contributed by atoms with Crippen molar-refractivity contribution < 1.29 is 0 Å². The van der Waals surface area contributed by atoms with Crippen molar-refractivity contribution >= 4 is 27.3 Å². The van der Waals surface area contributed by atoms with Crippen molar-refractivity contribution in [2.75, 3.05) is 6.54 Å². The van der Waals surface area contributed by atoms with E-state index in [0.29, 0.717) is 5.92 Å². The van der Waals surface area contributed by atoms with Gasteiger partial charge in [-0.05, 0) is 52.0 Å². The first-order valence-corrected chi connectivity index (χ1v) is 7.90. The topological polar surface area (TPSA) is 17.0 Å². The molecular weight excluding hydrogens is 308 g/mol. The molecule has 0 atom stereocenters. The van der Waals surface area contributed by atoms with Gasteiger partial charge in [0.05, 0.1) is 6.54 Å². The van der Waals surface area contributed by atoms with E-state index in [9.17, 15) is 0 Å². The zero-order chi connectivity index (χ0) is 13.0. The first kappa shape index (κ1) is 13.8. The van der Waals surface area contributed by atoms with Gasteiger partial charge >= 0.3 is 0 Å². The summed E-state index contributed by atoms with van der Waals surface area (Å²) >= 11 is 5.39. The number of rotatable bonds is 6. The lowest BCUT2D eigenvalue weighted by Crippen LogP contribution is -2.20. The van der Waals surface area contributed by atoms with Crippen LogP contribution in [0.15, 0.2) is 34.2 Å². The quantitative estimate of drug-likeness (QED) is 0.845. The highest BCUT2D eigenvalue weighted by atomic mass is 79.9. The minimum atomic E-state index is 0.694. The second-order valence-electron chi connectivity index (χ2n) is 4.84. The van der Waals surface area contributed by atoms with E-state index >= 15 is 0 Å². The Morgan fingerprint density at radius 3 is 2.89 bits per heavy atom. The third-order valence-corrected chi connectivity index (χ3v) is 4.70. The van der Waals surface area contributed by atoms with Gasteiger partial charge in [0.1, 0.15) is 0 Å². The highest BCUT2D eigenvalue weighted by Crippen LogP contribution is 2.24. The van der Waals surface area contributed by atoms with E-state index in [1.54, 1.807) is 11.3 Å². The van der Waals surface area contributed by atoms with Crippen LogP contribution in [0.2, 0.25) is 0 Å². The van der Waals surface area contributed by atoms with Crippen LogP contribution >= 0.6 is 27.3 Å². The van der Waals surface area contributed by atoms with Crippen LogP contribution in [0, 0.1) is 5.92 Å². The Morgan fingerprint density at radius 2 is 2.22 bits per heavy atom. The molecule has 2 aromatic rings. The Morgan fingerprint density at radius 1 is 1.39 bits per heavy atom. The second kappa shape index (κ2) is 6.55. The molecule has 4 heteroatoms. The number of aromatic nitrogens is 1. The average molecular weight is 327 g/mol.